The molecule has 19 nitrogen and oxygen atoms in total. The summed E-state index contributed by atoms with van der Waals surface area (Å²) in [4.78, 5) is 35.8. The number of hydrogen-bond acceptors (Lipinski definition) is 17. The highest BCUT2D eigenvalue weighted by Crippen LogP contribution is 2.58. The summed E-state index contributed by atoms with van der Waals surface area (Å²) in [6, 6.07) is 0. The highest BCUT2D eigenvalue weighted by atomic mass is 35.5. The minimum absolute atomic E-state index is 0.109. The Bertz CT molecular complexity index is 1840. The van der Waals surface area contributed by atoms with Gasteiger partial charge in [0.25, 0.3) is 0 Å². The molecule has 4 aromatic heterocycles. The standard InChI is InChI=1S/C20H23ClN10O9P2S2/c21-9-13-8(38-19(9)30-5-28-10-15(22)24-3-26-17(10)30)2-36-42(34,44)40-14-12(32)7(1-35-41(33,43)39-13)37-20(14)31-6-29-11-16(23)25-4-27-18(11)31/h3-9,12-14,19-20,32H,1-2H2,(H,33,43)(H,34,44)(H2,22,24,26)(H2,23,25,27)/t7-,8?,9-,12-,13-,14-,19-,20-,41?,42?/m1/s1. The third kappa shape index (κ3) is 5.38. The van der Waals surface area contributed by atoms with Crippen LogP contribution in [0.25, 0.3) is 22.3 Å². The molecular weight excluding hydrogens is 686 g/mol. The van der Waals surface area contributed by atoms with E-state index in [9.17, 15) is 14.6 Å². The number of rotatable bonds is 2. The minimum atomic E-state index is -4.20. The molecule has 3 saturated heterocycles. The Morgan fingerprint density at radius 3 is 2.09 bits per heavy atom. The number of nitrogens with zero attached hydrogens (tertiary/aromatic N) is 8. The number of anilines is 2. The lowest BCUT2D eigenvalue weighted by Crippen LogP contribution is -2.35. The van der Waals surface area contributed by atoms with Gasteiger partial charge >= 0.3 is 13.5 Å². The van der Waals surface area contributed by atoms with Gasteiger partial charge in [-0.1, -0.05) is 12.2 Å². The Labute approximate surface area is 262 Å². The topological polar surface area (TPSA) is 252 Å². The van der Waals surface area contributed by atoms with Crippen molar-refractivity contribution in [3.05, 3.63) is 25.3 Å². The molecule has 7 heterocycles. The van der Waals surface area contributed by atoms with E-state index in [1.165, 1.54) is 34.4 Å². The molecule has 10 atom stereocenters. The van der Waals surface area contributed by atoms with E-state index >= 15 is 0 Å². The van der Waals surface area contributed by atoms with Crippen LogP contribution in [0.4, 0.5) is 11.6 Å². The Morgan fingerprint density at radius 2 is 1.45 bits per heavy atom. The zero-order chi connectivity index (χ0) is 31.0. The molecule has 2 bridgehead atoms. The van der Waals surface area contributed by atoms with Gasteiger partial charge in [-0.15, -0.1) is 11.6 Å². The number of aliphatic hydroxyl groups excluding tert-OH is 1. The van der Waals surface area contributed by atoms with Crippen molar-refractivity contribution >= 4 is 83.1 Å². The first kappa shape index (κ1) is 30.5. The predicted molar refractivity (Wildman–Crippen MR) is 158 cm³/mol. The molecule has 0 radical (unpaired) electrons. The van der Waals surface area contributed by atoms with Gasteiger partial charge in [-0.25, -0.2) is 34.5 Å². The Kier molecular flexibility index (Phi) is 7.85. The second-order valence-electron chi connectivity index (χ2n) is 9.90. The maximum atomic E-state index is 13.5. The highest BCUT2D eigenvalue weighted by Gasteiger charge is 2.52. The number of ether oxygens (including phenoxy) is 2. The summed E-state index contributed by atoms with van der Waals surface area (Å²) in [5, 5.41) is 10.1. The van der Waals surface area contributed by atoms with Crippen molar-refractivity contribution < 1.29 is 42.1 Å². The highest BCUT2D eigenvalue weighted by molar-refractivity contribution is 8.44. The molecule has 0 amide bonds. The Balaban J connectivity index is 1.20. The van der Waals surface area contributed by atoms with E-state index in [-0.39, 0.29) is 22.8 Å². The quantitative estimate of drug-likeness (QED) is 0.109. The van der Waals surface area contributed by atoms with Crippen molar-refractivity contribution in [1.82, 2.24) is 39.0 Å². The van der Waals surface area contributed by atoms with Crippen LogP contribution in [-0.4, -0.2) is 98.1 Å². The van der Waals surface area contributed by atoms with Gasteiger partial charge in [0.2, 0.25) is 0 Å². The molecule has 0 spiro atoms. The largest absolute Gasteiger partial charge is 0.387 e. The summed E-state index contributed by atoms with van der Waals surface area (Å²) in [6.45, 7) is -9.25. The van der Waals surface area contributed by atoms with Crippen LogP contribution in [0.1, 0.15) is 12.5 Å². The zero-order valence-electron chi connectivity index (χ0n) is 22.0. The molecule has 4 aromatic rings. The lowest BCUT2D eigenvalue weighted by molar-refractivity contribution is -0.0584. The zero-order valence-corrected chi connectivity index (χ0v) is 26.2. The number of aliphatic hydroxyl groups is 1. The summed E-state index contributed by atoms with van der Waals surface area (Å²) >= 11 is 16.2. The normalized spacial score (nSPS) is 38.3. The lowest BCUT2D eigenvalue weighted by atomic mass is 10.1. The van der Waals surface area contributed by atoms with Crippen LogP contribution >= 0.6 is 37.4 Å². The van der Waals surface area contributed by atoms with Crippen molar-refractivity contribution in [3.8, 4) is 0 Å². The first-order chi connectivity index (χ1) is 20.9. The summed E-state index contributed by atoms with van der Waals surface area (Å²) in [6.07, 6.45) is -3.12. The number of fused-ring (bicyclic) bond motifs is 5. The molecule has 3 unspecified atom stereocenters. The van der Waals surface area contributed by atoms with Gasteiger partial charge in [-0.2, -0.15) is 0 Å². The molecule has 0 aromatic carbocycles. The van der Waals surface area contributed by atoms with Gasteiger partial charge < -0.3 is 35.5 Å². The second-order valence-corrected chi connectivity index (χ2v) is 16.1. The first-order valence-electron chi connectivity index (χ1n) is 12.7. The lowest BCUT2D eigenvalue weighted by Gasteiger charge is -2.27. The number of thiol groups is 1. The maximum Gasteiger partial charge on any atom is 0.386 e. The van der Waals surface area contributed by atoms with Crippen molar-refractivity contribution in [2.45, 2.75) is 48.4 Å². The Morgan fingerprint density at radius 1 is 0.886 bits per heavy atom. The number of halogens is 1. The van der Waals surface area contributed by atoms with Gasteiger partial charge in [0.15, 0.2) is 35.4 Å². The number of imidazole rings is 2. The predicted octanol–water partition coefficient (Wildman–Crippen LogP) is 0.666. The van der Waals surface area contributed by atoms with Crippen LogP contribution in [0, 0.1) is 0 Å². The fourth-order valence-corrected chi connectivity index (χ4v) is 8.56. The first-order valence-corrected chi connectivity index (χ1v) is 18.5. The SMILES string of the molecule is Nc1ncnc2c1ncn2[C@@H]1OC2COP(O)(=S)O[C@@H]3[C@H](O)[C@@H](COP(=O)(S)O[C@H]2[C@H]1Cl)O[C@H]3n1cnc2c(N)ncnc21. The third-order valence-electron chi connectivity index (χ3n) is 7.22. The van der Waals surface area contributed by atoms with E-state index in [2.05, 4.69) is 42.2 Å². The van der Waals surface area contributed by atoms with Gasteiger partial charge in [0.05, 0.1) is 25.9 Å². The second kappa shape index (κ2) is 11.3. The summed E-state index contributed by atoms with van der Waals surface area (Å²) in [5.74, 6) is 0.250. The minimum Gasteiger partial charge on any atom is -0.387 e. The fraction of sp³-hybridized carbons (Fsp3) is 0.500. The van der Waals surface area contributed by atoms with E-state index < -0.39 is 75.1 Å². The van der Waals surface area contributed by atoms with E-state index in [0.717, 1.165) is 0 Å². The van der Waals surface area contributed by atoms with E-state index in [0.29, 0.717) is 11.2 Å². The molecule has 44 heavy (non-hydrogen) atoms. The number of alkyl halides is 1. The van der Waals surface area contributed by atoms with Crippen LogP contribution in [0.15, 0.2) is 25.3 Å². The van der Waals surface area contributed by atoms with Crippen LogP contribution in [0.3, 0.4) is 0 Å². The van der Waals surface area contributed by atoms with Gasteiger partial charge in [0.1, 0.15) is 59.6 Å². The maximum absolute atomic E-state index is 13.5. The van der Waals surface area contributed by atoms with Crippen molar-refractivity contribution in [2.24, 2.45) is 0 Å². The van der Waals surface area contributed by atoms with E-state index in [1.54, 1.807) is 0 Å². The molecule has 236 valence electrons. The Hall–Kier alpha value is -2.10. The number of hydrogen-bond donors (Lipinski definition) is 5. The molecule has 3 aliphatic rings. The molecule has 24 heteroatoms. The molecule has 6 N–H and O–H groups in total. The van der Waals surface area contributed by atoms with Crippen molar-refractivity contribution in [1.29, 1.82) is 0 Å². The monoisotopic (exact) mass is 708 g/mol. The number of nitrogen functional groups attached to an aromatic ring is 2. The van der Waals surface area contributed by atoms with Crippen LogP contribution < -0.4 is 11.5 Å². The van der Waals surface area contributed by atoms with Crippen LogP contribution in [0.2, 0.25) is 0 Å². The van der Waals surface area contributed by atoms with E-state index in [4.69, 9.17) is 62.4 Å². The molecular formula is C20H23ClN10O9P2S2. The van der Waals surface area contributed by atoms with Crippen LogP contribution in [0.5, 0.6) is 0 Å². The summed E-state index contributed by atoms with van der Waals surface area (Å²) < 4.78 is 51.3. The fourth-order valence-electron chi connectivity index (χ4n) is 5.19. The molecule has 3 aliphatic heterocycles. The molecule has 7 rings (SSSR count). The van der Waals surface area contributed by atoms with Gasteiger partial charge in [-0.05, 0) is 11.8 Å². The number of nitrogens with two attached hydrogens (primary N) is 2. The molecule has 0 saturated carbocycles. The van der Waals surface area contributed by atoms with Crippen molar-refractivity contribution in [3.63, 3.8) is 0 Å². The van der Waals surface area contributed by atoms with Crippen molar-refractivity contribution in [2.75, 3.05) is 24.7 Å². The van der Waals surface area contributed by atoms with Gasteiger partial charge in [0, 0.05) is 0 Å². The third-order valence-corrected chi connectivity index (χ3v) is 10.9. The van der Waals surface area contributed by atoms with E-state index in [1.807, 2.05) is 0 Å². The average Bonchev–Trinajstić information content (AvgIpc) is 3.73. The van der Waals surface area contributed by atoms with Gasteiger partial charge in [-0.3, -0.25) is 22.7 Å². The smallest absolute Gasteiger partial charge is 0.386 e. The van der Waals surface area contributed by atoms with Crippen LogP contribution in [-0.2, 0) is 43.9 Å². The number of aromatic nitrogens is 8. The molecule has 0 aliphatic carbocycles. The summed E-state index contributed by atoms with van der Waals surface area (Å²) in [5.41, 5.74) is 13.0. The average molecular weight is 709 g/mol. The molecule has 3 fully saturated rings. The summed E-state index contributed by atoms with van der Waals surface area (Å²) in [7, 11) is 0.